The molecule has 3 nitrogen and oxygen atoms in total. The Morgan fingerprint density at radius 2 is 1.62 bits per heavy atom. The summed E-state index contributed by atoms with van der Waals surface area (Å²) in [5.74, 6) is 0.427. The van der Waals surface area contributed by atoms with Crippen LogP contribution >= 0.6 is 0 Å². The molecule has 0 saturated heterocycles. The van der Waals surface area contributed by atoms with Gasteiger partial charge in [-0.3, -0.25) is 0 Å². The predicted molar refractivity (Wildman–Crippen MR) is 107 cm³/mol. The topological polar surface area (TPSA) is 35.5 Å². The van der Waals surface area contributed by atoms with Crippen molar-refractivity contribution in [3.05, 3.63) is 24.3 Å². The maximum absolute atomic E-state index is 13.6. The smallest absolute Gasteiger partial charge is 0.422 e. The Morgan fingerprint density at radius 1 is 1.07 bits per heavy atom. The molecule has 1 saturated carbocycles. The summed E-state index contributed by atoms with van der Waals surface area (Å²) in [7, 11) is 0. The average molecular weight is 425 g/mol. The van der Waals surface area contributed by atoms with Gasteiger partial charge in [0.25, 0.3) is 0 Å². The summed E-state index contributed by atoms with van der Waals surface area (Å²) < 4.78 is 59.0. The van der Waals surface area contributed by atoms with Crippen LogP contribution in [0.25, 0.3) is 0 Å². The number of fused-ring (bicyclic) bond motifs is 2. The molecule has 4 unspecified atom stereocenters. The SMILES string of the molecule is C.C=C(C(=O)OC(C)(C)C)C(F)(F)F.CC(C)(C)OC(F)CC1CC2C=CC1C2. The maximum atomic E-state index is 13.6. The lowest BCUT2D eigenvalue weighted by Crippen LogP contribution is -2.29. The summed E-state index contributed by atoms with van der Waals surface area (Å²) in [6, 6.07) is 0. The summed E-state index contributed by atoms with van der Waals surface area (Å²) >= 11 is 0. The molecule has 0 amide bonds. The van der Waals surface area contributed by atoms with Crippen molar-refractivity contribution in [1.29, 1.82) is 0 Å². The summed E-state index contributed by atoms with van der Waals surface area (Å²) in [5, 5.41) is 0. The average Bonchev–Trinajstić information content (AvgIpc) is 3.04. The molecule has 170 valence electrons. The zero-order valence-corrected chi connectivity index (χ0v) is 17.5. The number of ether oxygens (including phenoxy) is 2. The van der Waals surface area contributed by atoms with Crippen molar-refractivity contribution >= 4 is 5.97 Å². The van der Waals surface area contributed by atoms with Gasteiger partial charge in [-0.25, -0.2) is 9.18 Å². The Hall–Kier alpha value is -1.37. The first-order chi connectivity index (χ1) is 12.5. The van der Waals surface area contributed by atoms with Crippen molar-refractivity contribution in [2.75, 3.05) is 0 Å². The van der Waals surface area contributed by atoms with Crippen LogP contribution in [0.5, 0.6) is 0 Å². The fourth-order valence-corrected chi connectivity index (χ4v) is 3.29. The van der Waals surface area contributed by atoms with Gasteiger partial charge in [0.1, 0.15) is 11.2 Å². The number of carbonyl (C=O) groups excluding carboxylic acids is 1. The first-order valence-electron chi connectivity index (χ1n) is 9.47. The van der Waals surface area contributed by atoms with Gasteiger partial charge in [-0.15, -0.1) is 0 Å². The highest BCUT2D eigenvalue weighted by atomic mass is 19.4. The number of hydrogen-bond donors (Lipinski definition) is 0. The normalized spacial score (nSPS) is 24.3. The number of carbonyl (C=O) groups is 1. The Balaban J connectivity index is 0.000000530. The van der Waals surface area contributed by atoms with Gasteiger partial charge in [-0.05, 0) is 72.1 Å². The van der Waals surface area contributed by atoms with E-state index in [1.165, 1.54) is 27.2 Å². The third-order valence-corrected chi connectivity index (χ3v) is 4.37. The fraction of sp³-hybridized carbons (Fsp3) is 0.773. The third kappa shape index (κ3) is 10.3. The molecule has 2 rings (SSSR count). The largest absolute Gasteiger partial charge is 0.456 e. The van der Waals surface area contributed by atoms with Gasteiger partial charge in [0.15, 0.2) is 6.36 Å². The molecule has 0 aromatic rings. The molecule has 0 spiro atoms. The number of hydrogen-bond acceptors (Lipinski definition) is 3. The van der Waals surface area contributed by atoms with E-state index in [1.54, 1.807) is 0 Å². The number of alkyl halides is 4. The Morgan fingerprint density at radius 3 is 1.97 bits per heavy atom. The standard InChI is InChI=1S/C13H21FO.C8H11F3O2.CH4/c1-13(2,3)15-12(14)8-11-7-9-4-5-10(11)6-9;1-5(8(9,10)11)6(12)13-7(2,3)4;/h4-5,9-12H,6-8H2,1-3H3;1H2,2-4H3;1H4. The van der Waals surface area contributed by atoms with Gasteiger partial charge in [-0.2, -0.15) is 13.2 Å². The molecule has 7 heteroatoms. The Bertz CT molecular complexity index is 582. The van der Waals surface area contributed by atoms with Crippen LogP contribution in [0.3, 0.4) is 0 Å². The molecule has 0 heterocycles. The fourth-order valence-electron chi connectivity index (χ4n) is 3.29. The van der Waals surface area contributed by atoms with E-state index < -0.39 is 29.7 Å². The highest BCUT2D eigenvalue weighted by molar-refractivity contribution is 5.89. The highest BCUT2D eigenvalue weighted by Gasteiger charge is 2.39. The zero-order chi connectivity index (χ0) is 21.9. The van der Waals surface area contributed by atoms with Crippen LogP contribution in [0.4, 0.5) is 17.6 Å². The minimum absolute atomic E-state index is 0. The monoisotopic (exact) mass is 424 g/mol. The first-order valence-corrected chi connectivity index (χ1v) is 9.47. The minimum atomic E-state index is -4.72. The van der Waals surface area contributed by atoms with Crippen LogP contribution in [0.2, 0.25) is 0 Å². The Kier molecular flexibility index (Phi) is 9.62. The van der Waals surface area contributed by atoms with Crippen LogP contribution in [0, 0.1) is 17.8 Å². The zero-order valence-electron chi connectivity index (χ0n) is 17.5. The first kappa shape index (κ1) is 27.6. The van der Waals surface area contributed by atoms with E-state index in [0.717, 1.165) is 12.3 Å². The summed E-state index contributed by atoms with van der Waals surface area (Å²) in [4.78, 5) is 10.8. The quantitative estimate of drug-likeness (QED) is 0.216. The van der Waals surface area contributed by atoms with Crippen LogP contribution < -0.4 is 0 Å². The number of esters is 1. The molecule has 2 aliphatic rings. The van der Waals surface area contributed by atoms with Crippen molar-refractivity contribution in [3.63, 3.8) is 0 Å². The van der Waals surface area contributed by atoms with E-state index in [-0.39, 0.29) is 13.0 Å². The lowest BCUT2D eigenvalue weighted by molar-refractivity contribution is -0.160. The van der Waals surface area contributed by atoms with Crippen molar-refractivity contribution in [1.82, 2.24) is 0 Å². The van der Waals surface area contributed by atoms with E-state index in [0.29, 0.717) is 18.3 Å². The second-order valence-electron chi connectivity index (χ2n) is 9.39. The van der Waals surface area contributed by atoms with Gasteiger partial charge < -0.3 is 9.47 Å². The predicted octanol–water partition coefficient (Wildman–Crippen LogP) is 6.78. The van der Waals surface area contributed by atoms with E-state index in [1.807, 2.05) is 20.8 Å². The molecule has 0 aliphatic heterocycles. The molecule has 0 aromatic heterocycles. The number of rotatable bonds is 4. The van der Waals surface area contributed by atoms with E-state index in [4.69, 9.17) is 4.74 Å². The lowest BCUT2D eigenvalue weighted by atomic mass is 9.90. The van der Waals surface area contributed by atoms with Crippen LogP contribution in [0.15, 0.2) is 24.3 Å². The van der Waals surface area contributed by atoms with Crippen LogP contribution in [-0.2, 0) is 14.3 Å². The minimum Gasteiger partial charge on any atom is -0.456 e. The van der Waals surface area contributed by atoms with Crippen molar-refractivity contribution in [2.45, 2.75) is 92.0 Å². The van der Waals surface area contributed by atoms with Crippen LogP contribution in [0.1, 0.15) is 68.2 Å². The molecular weight excluding hydrogens is 388 g/mol. The molecule has 0 radical (unpaired) electrons. The van der Waals surface area contributed by atoms with Crippen LogP contribution in [-0.4, -0.2) is 29.7 Å². The maximum Gasteiger partial charge on any atom is 0.422 e. The van der Waals surface area contributed by atoms with Gasteiger partial charge in [-0.1, -0.05) is 26.2 Å². The molecule has 29 heavy (non-hydrogen) atoms. The second-order valence-corrected chi connectivity index (χ2v) is 9.39. The number of allylic oxidation sites excluding steroid dienone is 2. The molecule has 0 N–H and O–H groups in total. The van der Waals surface area contributed by atoms with Crippen molar-refractivity contribution in [2.24, 2.45) is 17.8 Å². The molecule has 2 aliphatic carbocycles. The van der Waals surface area contributed by atoms with Gasteiger partial charge in [0.2, 0.25) is 0 Å². The van der Waals surface area contributed by atoms with Gasteiger partial charge in [0, 0.05) is 6.42 Å². The second kappa shape index (κ2) is 10.1. The third-order valence-electron chi connectivity index (χ3n) is 4.37. The highest BCUT2D eigenvalue weighted by Crippen LogP contribution is 2.45. The molecule has 4 atom stereocenters. The molecule has 1 fully saturated rings. The Labute approximate surface area is 172 Å². The van der Waals surface area contributed by atoms with Gasteiger partial charge in [0.05, 0.1) is 5.60 Å². The summed E-state index contributed by atoms with van der Waals surface area (Å²) in [6.45, 7) is 12.8. The molecular formula is C22H36F4O3. The summed E-state index contributed by atoms with van der Waals surface area (Å²) in [6.07, 6.45) is 1.72. The van der Waals surface area contributed by atoms with E-state index in [9.17, 15) is 22.4 Å². The van der Waals surface area contributed by atoms with Crippen molar-refractivity contribution in [3.8, 4) is 0 Å². The van der Waals surface area contributed by atoms with E-state index in [2.05, 4.69) is 23.5 Å². The van der Waals surface area contributed by atoms with Crippen molar-refractivity contribution < 1.29 is 31.8 Å². The number of halogens is 4. The molecule has 2 bridgehead atoms. The van der Waals surface area contributed by atoms with E-state index >= 15 is 0 Å². The summed E-state index contributed by atoms with van der Waals surface area (Å²) in [5.41, 5.74) is -2.79. The van der Waals surface area contributed by atoms with Gasteiger partial charge >= 0.3 is 12.1 Å². The lowest BCUT2D eigenvalue weighted by Gasteiger charge is -2.26. The molecule has 0 aromatic carbocycles.